The van der Waals surface area contributed by atoms with Crippen molar-refractivity contribution in [3.05, 3.63) is 71.8 Å². The Balaban J connectivity index is 1.59. The van der Waals surface area contributed by atoms with Gasteiger partial charge in [0.1, 0.15) is 5.54 Å². The number of carbonyl (C=O) groups is 6. The molecule has 9 heteroatoms. The van der Waals surface area contributed by atoms with Crippen molar-refractivity contribution in [1.29, 1.82) is 0 Å². The molecule has 2 aromatic rings. The van der Waals surface area contributed by atoms with E-state index in [0.717, 1.165) is 35.5 Å². The molecule has 5 amide bonds. The number of benzene rings is 2. The summed E-state index contributed by atoms with van der Waals surface area (Å²) in [6, 6.07) is 15.4. The van der Waals surface area contributed by atoms with Crippen LogP contribution in [-0.2, 0) is 14.4 Å². The summed E-state index contributed by atoms with van der Waals surface area (Å²) in [6.07, 6.45) is 10.6. The SMILES string of the molecule is CCCCCCCCCCCCN1C(=O)N(C(=O)C(=O)c2ccccc2)C2(CC(C)(C)N(C(=O)C(=O)c3ccccc3)C(C)(C)C2)C1=O. The summed E-state index contributed by atoms with van der Waals surface area (Å²) < 4.78 is 0. The molecule has 2 fully saturated rings. The molecule has 2 aliphatic heterocycles. The summed E-state index contributed by atoms with van der Waals surface area (Å²) >= 11 is 0. The Labute approximate surface area is 285 Å². The molecule has 2 saturated heterocycles. The molecular weight excluding hydrogens is 606 g/mol. The topological polar surface area (TPSA) is 112 Å². The van der Waals surface area contributed by atoms with Gasteiger partial charge >= 0.3 is 11.9 Å². The lowest BCUT2D eigenvalue weighted by Gasteiger charge is -2.58. The summed E-state index contributed by atoms with van der Waals surface area (Å²) in [5.74, 6) is -3.91. The van der Waals surface area contributed by atoms with Gasteiger partial charge in [0.15, 0.2) is 0 Å². The Bertz CT molecular complexity index is 1480. The number of amides is 5. The quantitative estimate of drug-likeness (QED) is 0.0855. The number of nitrogens with zero attached hydrogens (tertiary/aromatic N) is 3. The second-order valence-corrected chi connectivity index (χ2v) is 14.6. The maximum atomic E-state index is 14.5. The van der Waals surface area contributed by atoms with Crippen LogP contribution in [0.4, 0.5) is 4.79 Å². The monoisotopic (exact) mass is 657 g/mol. The molecule has 0 unspecified atom stereocenters. The van der Waals surface area contributed by atoms with Crippen LogP contribution in [0.2, 0.25) is 0 Å². The molecule has 2 aromatic carbocycles. The first-order valence-corrected chi connectivity index (χ1v) is 17.5. The highest BCUT2D eigenvalue weighted by atomic mass is 16.2. The zero-order chi connectivity index (χ0) is 35.1. The number of unbranched alkanes of at least 4 members (excludes halogenated alkanes) is 9. The van der Waals surface area contributed by atoms with Gasteiger partial charge in [-0.05, 0) is 34.1 Å². The molecule has 2 aliphatic rings. The summed E-state index contributed by atoms with van der Waals surface area (Å²) in [4.78, 5) is 86.8. The van der Waals surface area contributed by atoms with Gasteiger partial charge in [0.2, 0.25) is 5.78 Å². The largest absolute Gasteiger partial charge is 0.334 e. The molecule has 0 bridgehead atoms. The molecular formula is C39H51N3O6. The number of Topliss-reactive ketones (excluding diaryl/α,β-unsaturated/α-hetero) is 2. The van der Waals surface area contributed by atoms with E-state index in [-0.39, 0.29) is 30.5 Å². The first-order valence-electron chi connectivity index (χ1n) is 17.5. The fraction of sp³-hybridized carbons (Fsp3) is 0.538. The van der Waals surface area contributed by atoms with E-state index < -0.39 is 51.9 Å². The van der Waals surface area contributed by atoms with Crippen LogP contribution in [0.1, 0.15) is 132 Å². The van der Waals surface area contributed by atoms with Gasteiger partial charge in [0.25, 0.3) is 17.6 Å². The molecule has 258 valence electrons. The van der Waals surface area contributed by atoms with Crippen molar-refractivity contribution >= 4 is 35.3 Å². The molecule has 0 aliphatic carbocycles. The molecule has 4 rings (SSSR count). The van der Waals surface area contributed by atoms with E-state index in [0.29, 0.717) is 6.42 Å². The van der Waals surface area contributed by atoms with E-state index in [4.69, 9.17) is 0 Å². The number of urea groups is 1. The van der Waals surface area contributed by atoms with E-state index in [2.05, 4.69) is 6.92 Å². The summed E-state index contributed by atoms with van der Waals surface area (Å²) in [7, 11) is 0. The molecule has 0 atom stereocenters. The van der Waals surface area contributed by atoms with Crippen molar-refractivity contribution < 1.29 is 28.8 Å². The van der Waals surface area contributed by atoms with Gasteiger partial charge < -0.3 is 4.90 Å². The predicted molar refractivity (Wildman–Crippen MR) is 184 cm³/mol. The second kappa shape index (κ2) is 15.4. The fourth-order valence-electron chi connectivity index (χ4n) is 7.93. The minimum absolute atomic E-state index is 0.116. The van der Waals surface area contributed by atoms with Gasteiger partial charge in [-0.25, -0.2) is 9.69 Å². The van der Waals surface area contributed by atoms with E-state index >= 15 is 0 Å². The standard InChI is InChI=1S/C39H51N3O6/c1-6-7-8-9-10-11-12-13-14-21-26-40-35(47)39(41(36(40)48)33(45)31(43)29-22-17-15-18-23-29)27-37(2,3)42(38(4,5)28-39)34(46)32(44)30-24-19-16-20-25-30/h15-20,22-25H,6-14,21,26-28H2,1-5H3. The minimum Gasteiger partial charge on any atom is -0.325 e. The number of carbonyl (C=O) groups excluding carboxylic acids is 6. The molecule has 1 spiro atoms. The van der Waals surface area contributed by atoms with E-state index in [1.54, 1.807) is 76.2 Å². The Morgan fingerprint density at radius 3 is 1.48 bits per heavy atom. The molecule has 0 N–H and O–H groups in total. The maximum absolute atomic E-state index is 14.5. The average molecular weight is 658 g/mol. The Kier molecular flexibility index (Phi) is 11.8. The predicted octanol–water partition coefficient (Wildman–Crippen LogP) is 7.38. The highest BCUT2D eigenvalue weighted by Gasteiger charge is 2.68. The van der Waals surface area contributed by atoms with Crippen LogP contribution < -0.4 is 0 Å². The number of rotatable bonds is 15. The molecule has 2 heterocycles. The highest BCUT2D eigenvalue weighted by Crippen LogP contribution is 2.50. The van der Waals surface area contributed by atoms with Crippen LogP contribution in [0.25, 0.3) is 0 Å². The number of imide groups is 2. The van der Waals surface area contributed by atoms with Gasteiger partial charge in [0, 0.05) is 41.6 Å². The number of hydrogen-bond donors (Lipinski definition) is 0. The van der Waals surface area contributed by atoms with Gasteiger partial charge in [0.05, 0.1) is 0 Å². The van der Waals surface area contributed by atoms with Gasteiger partial charge in [-0.1, -0.05) is 125 Å². The van der Waals surface area contributed by atoms with E-state index in [9.17, 15) is 28.8 Å². The zero-order valence-corrected chi connectivity index (χ0v) is 29.3. The third-order valence-electron chi connectivity index (χ3n) is 9.76. The lowest BCUT2D eigenvalue weighted by Crippen LogP contribution is -2.72. The van der Waals surface area contributed by atoms with Crippen molar-refractivity contribution in [3.63, 3.8) is 0 Å². The summed E-state index contributed by atoms with van der Waals surface area (Å²) in [6.45, 7) is 9.27. The number of piperidine rings is 1. The summed E-state index contributed by atoms with van der Waals surface area (Å²) in [5, 5.41) is 0. The first kappa shape index (κ1) is 36.7. The number of ketones is 2. The molecule has 0 saturated carbocycles. The Morgan fingerprint density at radius 1 is 0.604 bits per heavy atom. The maximum Gasteiger partial charge on any atom is 0.334 e. The number of hydrogen-bond acceptors (Lipinski definition) is 6. The molecule has 0 radical (unpaired) electrons. The highest BCUT2D eigenvalue weighted by molar-refractivity contribution is 6.46. The van der Waals surface area contributed by atoms with Crippen LogP contribution in [0.5, 0.6) is 0 Å². The smallest absolute Gasteiger partial charge is 0.325 e. The van der Waals surface area contributed by atoms with Gasteiger partial charge in [-0.3, -0.25) is 28.9 Å². The third kappa shape index (κ3) is 7.61. The zero-order valence-electron chi connectivity index (χ0n) is 29.3. The van der Waals surface area contributed by atoms with Crippen LogP contribution in [0.3, 0.4) is 0 Å². The lowest BCUT2D eigenvalue weighted by atomic mass is 9.67. The molecule has 9 nitrogen and oxygen atoms in total. The van der Waals surface area contributed by atoms with Crippen LogP contribution in [-0.4, -0.2) is 73.2 Å². The third-order valence-corrected chi connectivity index (χ3v) is 9.76. The second-order valence-electron chi connectivity index (χ2n) is 14.6. The van der Waals surface area contributed by atoms with Crippen LogP contribution >= 0.6 is 0 Å². The molecule has 48 heavy (non-hydrogen) atoms. The van der Waals surface area contributed by atoms with Gasteiger partial charge in [-0.15, -0.1) is 0 Å². The Morgan fingerprint density at radius 2 is 1.02 bits per heavy atom. The van der Waals surface area contributed by atoms with Crippen molar-refractivity contribution in [2.75, 3.05) is 6.54 Å². The Hall–Kier alpha value is -4.14. The van der Waals surface area contributed by atoms with E-state index in [1.165, 1.54) is 49.1 Å². The van der Waals surface area contributed by atoms with Crippen molar-refractivity contribution in [3.8, 4) is 0 Å². The van der Waals surface area contributed by atoms with E-state index in [1.807, 2.05) is 0 Å². The number of likely N-dealkylation sites (tertiary alicyclic amines) is 1. The van der Waals surface area contributed by atoms with Crippen molar-refractivity contribution in [2.45, 2.75) is 128 Å². The summed E-state index contributed by atoms with van der Waals surface area (Å²) in [5.41, 5.74) is -3.65. The minimum atomic E-state index is -1.71. The van der Waals surface area contributed by atoms with Crippen LogP contribution in [0, 0.1) is 0 Å². The van der Waals surface area contributed by atoms with Crippen molar-refractivity contribution in [1.82, 2.24) is 14.7 Å². The lowest BCUT2D eigenvalue weighted by molar-refractivity contribution is -0.161. The van der Waals surface area contributed by atoms with Crippen LogP contribution in [0.15, 0.2) is 60.7 Å². The average Bonchev–Trinajstić information content (AvgIpc) is 3.23. The molecule has 0 aromatic heterocycles. The normalized spacial score (nSPS) is 18.0. The first-order chi connectivity index (χ1) is 22.8. The van der Waals surface area contributed by atoms with Gasteiger partial charge in [-0.2, -0.15) is 0 Å². The van der Waals surface area contributed by atoms with Crippen molar-refractivity contribution in [2.24, 2.45) is 0 Å². The fourth-order valence-corrected chi connectivity index (χ4v) is 7.93.